The predicted octanol–water partition coefficient (Wildman–Crippen LogP) is 6.91. The van der Waals surface area contributed by atoms with E-state index in [1.165, 1.54) is 0 Å². The third-order valence-electron chi connectivity index (χ3n) is 5.07. The van der Waals surface area contributed by atoms with Crippen molar-refractivity contribution in [3.05, 3.63) is 118 Å². The van der Waals surface area contributed by atoms with Gasteiger partial charge in [0.15, 0.2) is 10.6 Å². The Morgan fingerprint density at radius 2 is 1.50 bits per heavy atom. The van der Waals surface area contributed by atoms with Gasteiger partial charge in [0.25, 0.3) is 0 Å². The smallest absolute Gasteiger partial charge is 0.195 e. The molecule has 0 atom stereocenters. The van der Waals surface area contributed by atoms with Gasteiger partial charge in [-0.3, -0.25) is 4.57 Å². The minimum absolute atomic E-state index is 0.691. The monoisotopic (exact) mass is 435 g/mol. The topological polar surface area (TPSA) is 43.3 Å². The molecule has 0 saturated carbocycles. The van der Waals surface area contributed by atoms with Gasteiger partial charge in [0, 0.05) is 5.38 Å². The van der Waals surface area contributed by atoms with Gasteiger partial charge in [-0.05, 0) is 36.3 Å². The molecule has 3 aromatic carbocycles. The lowest BCUT2D eigenvalue weighted by Crippen LogP contribution is -2.15. The number of aromatic nitrogens is 2. The number of thiazole rings is 1. The largest absolute Gasteiger partial charge is 0.354 e. The van der Waals surface area contributed by atoms with E-state index in [1.807, 2.05) is 85.8 Å². The van der Waals surface area contributed by atoms with Gasteiger partial charge >= 0.3 is 0 Å². The molecule has 0 spiro atoms. The second-order valence-electron chi connectivity index (χ2n) is 7.28. The molecule has 0 fully saturated rings. The first-order valence-corrected chi connectivity index (χ1v) is 11.2. The van der Waals surface area contributed by atoms with Crippen LogP contribution in [0.1, 0.15) is 17.0 Å². The van der Waals surface area contributed by atoms with Crippen molar-refractivity contribution in [3.63, 3.8) is 0 Å². The third-order valence-corrected chi connectivity index (χ3v) is 5.89. The van der Waals surface area contributed by atoms with Crippen molar-refractivity contribution in [2.45, 2.75) is 6.92 Å². The molecular weight excluding hydrogens is 414 g/mol. The maximum atomic E-state index is 5.74. The highest BCUT2D eigenvalue weighted by molar-refractivity contribution is 7.07. The average molecular weight is 436 g/mol. The number of hydrogen-bond acceptors (Lipinski definition) is 4. The molecule has 5 heteroatoms. The summed E-state index contributed by atoms with van der Waals surface area (Å²) < 4.78 is 7.88. The maximum absolute atomic E-state index is 5.74. The number of benzene rings is 3. The van der Waals surface area contributed by atoms with Gasteiger partial charge in [0.05, 0.1) is 11.4 Å². The SMILES string of the molecule is Cc1noc(/C=C/c2ccccc2)c1-n1c(-c2ccccc2)csc1=Nc1ccccc1. The number of aryl methyl sites for hydroxylation is 1. The number of rotatable bonds is 5. The Labute approximate surface area is 190 Å². The van der Waals surface area contributed by atoms with Crippen LogP contribution in [0.2, 0.25) is 0 Å². The zero-order valence-electron chi connectivity index (χ0n) is 17.6. The van der Waals surface area contributed by atoms with Crippen LogP contribution in [0.15, 0.2) is 106 Å². The van der Waals surface area contributed by atoms with Crippen molar-refractivity contribution in [2.24, 2.45) is 4.99 Å². The first-order chi connectivity index (χ1) is 15.8. The quantitative estimate of drug-likeness (QED) is 0.301. The summed E-state index contributed by atoms with van der Waals surface area (Å²) in [6.45, 7) is 1.96. The Kier molecular flexibility index (Phi) is 5.64. The molecule has 5 aromatic rings. The maximum Gasteiger partial charge on any atom is 0.195 e. The standard InChI is InChI=1S/C27H21N3OS/c1-20-26(25(31-29-20)18-17-21-11-5-2-6-12-21)30-24(22-13-7-3-8-14-22)19-32-27(30)28-23-15-9-4-10-16-23/h2-19H,1H3/b18-17+,28-27?. The molecule has 156 valence electrons. The number of para-hydroxylation sites is 1. The fourth-order valence-corrected chi connectivity index (χ4v) is 4.44. The molecule has 4 nitrogen and oxygen atoms in total. The predicted molar refractivity (Wildman–Crippen MR) is 131 cm³/mol. The first-order valence-electron chi connectivity index (χ1n) is 10.3. The molecule has 0 saturated heterocycles. The molecule has 0 amide bonds. The normalized spacial score (nSPS) is 12.0. The van der Waals surface area contributed by atoms with E-state index in [0.29, 0.717) is 5.76 Å². The summed E-state index contributed by atoms with van der Waals surface area (Å²) in [5.41, 5.74) is 5.86. The summed E-state index contributed by atoms with van der Waals surface area (Å²) in [5, 5.41) is 6.42. The summed E-state index contributed by atoms with van der Waals surface area (Å²) in [6, 6.07) is 30.5. The summed E-state index contributed by atoms with van der Waals surface area (Å²) in [4.78, 5) is 5.79. The van der Waals surface area contributed by atoms with Crippen molar-refractivity contribution in [3.8, 4) is 16.9 Å². The van der Waals surface area contributed by atoms with Crippen molar-refractivity contribution < 1.29 is 4.52 Å². The summed E-state index contributed by atoms with van der Waals surface area (Å²) >= 11 is 1.60. The van der Waals surface area contributed by atoms with E-state index in [1.54, 1.807) is 11.3 Å². The Hall–Kier alpha value is -3.96. The van der Waals surface area contributed by atoms with Crippen LogP contribution in [0, 0.1) is 6.92 Å². The van der Waals surface area contributed by atoms with Gasteiger partial charge in [-0.25, -0.2) is 4.99 Å². The van der Waals surface area contributed by atoms with E-state index in [-0.39, 0.29) is 0 Å². The molecule has 0 aliphatic carbocycles. The summed E-state index contributed by atoms with van der Waals surface area (Å²) in [6.07, 6.45) is 4.00. The molecule has 0 aliphatic rings. The zero-order valence-corrected chi connectivity index (χ0v) is 18.4. The van der Waals surface area contributed by atoms with Gasteiger partial charge in [-0.1, -0.05) is 90.1 Å². The second kappa shape index (κ2) is 9.04. The van der Waals surface area contributed by atoms with Gasteiger partial charge in [-0.2, -0.15) is 0 Å². The lowest BCUT2D eigenvalue weighted by atomic mass is 10.1. The zero-order chi connectivity index (χ0) is 21.8. The van der Waals surface area contributed by atoms with E-state index in [2.05, 4.69) is 39.4 Å². The lowest BCUT2D eigenvalue weighted by molar-refractivity contribution is 0.408. The molecule has 2 heterocycles. The molecule has 0 aliphatic heterocycles. The fraction of sp³-hybridized carbons (Fsp3) is 0.0370. The minimum Gasteiger partial charge on any atom is -0.354 e. The van der Waals surface area contributed by atoms with Crippen LogP contribution in [0.3, 0.4) is 0 Å². The second-order valence-corrected chi connectivity index (χ2v) is 8.11. The fourth-order valence-electron chi connectivity index (χ4n) is 3.53. The highest BCUT2D eigenvalue weighted by Crippen LogP contribution is 2.28. The van der Waals surface area contributed by atoms with Crippen molar-refractivity contribution >= 4 is 29.2 Å². The van der Waals surface area contributed by atoms with E-state index in [0.717, 1.165) is 38.7 Å². The van der Waals surface area contributed by atoms with E-state index in [9.17, 15) is 0 Å². The minimum atomic E-state index is 0.691. The van der Waals surface area contributed by atoms with Gasteiger partial charge < -0.3 is 4.52 Å². The lowest BCUT2D eigenvalue weighted by Gasteiger charge is -2.09. The van der Waals surface area contributed by atoms with Gasteiger partial charge in [0.2, 0.25) is 0 Å². The van der Waals surface area contributed by atoms with Crippen LogP contribution >= 0.6 is 11.3 Å². The summed E-state index contributed by atoms with van der Waals surface area (Å²) in [7, 11) is 0. The number of nitrogens with zero attached hydrogens (tertiary/aromatic N) is 3. The van der Waals surface area contributed by atoms with Crippen molar-refractivity contribution in [1.82, 2.24) is 9.72 Å². The van der Waals surface area contributed by atoms with Crippen LogP contribution in [0.4, 0.5) is 5.69 Å². The molecule has 0 radical (unpaired) electrons. The van der Waals surface area contributed by atoms with Crippen LogP contribution in [0.5, 0.6) is 0 Å². The van der Waals surface area contributed by atoms with Gasteiger partial charge in [-0.15, -0.1) is 11.3 Å². The third kappa shape index (κ3) is 4.11. The molecule has 32 heavy (non-hydrogen) atoms. The van der Waals surface area contributed by atoms with Gasteiger partial charge in [0.1, 0.15) is 11.4 Å². The first kappa shape index (κ1) is 20.0. The molecule has 2 aromatic heterocycles. The molecular formula is C27H21N3OS. The highest BCUT2D eigenvalue weighted by Gasteiger charge is 2.19. The number of hydrogen-bond donors (Lipinski definition) is 0. The van der Waals surface area contributed by atoms with Crippen molar-refractivity contribution in [1.29, 1.82) is 0 Å². The Morgan fingerprint density at radius 1 is 0.844 bits per heavy atom. The van der Waals surface area contributed by atoms with Crippen LogP contribution in [-0.4, -0.2) is 9.72 Å². The average Bonchev–Trinajstić information content (AvgIpc) is 3.42. The molecule has 0 bridgehead atoms. The summed E-state index contributed by atoms with van der Waals surface area (Å²) in [5.74, 6) is 0.691. The Morgan fingerprint density at radius 3 is 2.22 bits per heavy atom. The van der Waals surface area contributed by atoms with E-state index >= 15 is 0 Å². The Balaban J connectivity index is 1.71. The van der Waals surface area contributed by atoms with E-state index in [4.69, 9.17) is 9.52 Å². The molecule has 0 N–H and O–H groups in total. The van der Waals surface area contributed by atoms with Crippen LogP contribution in [-0.2, 0) is 0 Å². The molecule has 5 rings (SSSR count). The molecule has 0 unspecified atom stereocenters. The van der Waals surface area contributed by atoms with Crippen molar-refractivity contribution in [2.75, 3.05) is 0 Å². The van der Waals surface area contributed by atoms with Crippen LogP contribution < -0.4 is 4.80 Å². The highest BCUT2D eigenvalue weighted by atomic mass is 32.1. The van der Waals surface area contributed by atoms with Crippen LogP contribution in [0.25, 0.3) is 29.1 Å². The van der Waals surface area contributed by atoms with E-state index < -0.39 is 0 Å². The Bertz CT molecular complexity index is 1410.